The molecule has 1 N–H and O–H groups in total. The molecule has 2 aliphatic heterocycles. The highest BCUT2D eigenvalue weighted by Crippen LogP contribution is 2.48. The Hall–Kier alpha value is -7.12. The monoisotopic (exact) mass is 659 g/mol. The van der Waals surface area contributed by atoms with Crippen molar-refractivity contribution in [2.45, 2.75) is 0 Å². The van der Waals surface area contributed by atoms with Crippen LogP contribution in [0.5, 0.6) is 0 Å². The summed E-state index contributed by atoms with van der Waals surface area (Å²) in [7, 11) is 0. The van der Waals surface area contributed by atoms with Crippen molar-refractivity contribution in [2.75, 3.05) is 0 Å². The molecule has 0 unspecified atom stereocenters. The molecule has 8 bridgehead atoms. The molecule has 0 fully saturated rings. The average molecular weight is 660 g/mol. The molecule has 2 aliphatic rings. The summed E-state index contributed by atoms with van der Waals surface area (Å²) in [5, 5.41) is 13.5. The minimum absolute atomic E-state index is 0.0143. The Morgan fingerprint density at radius 2 is 1.10 bits per heavy atom. The molecule has 0 spiro atoms. The lowest BCUT2D eigenvalue weighted by molar-refractivity contribution is -0.382. The third-order valence-corrected chi connectivity index (χ3v) is 9.15. The second-order valence-corrected chi connectivity index (χ2v) is 12.4. The summed E-state index contributed by atoms with van der Waals surface area (Å²) in [4.78, 5) is 27.0. The van der Waals surface area contributed by atoms with Crippen LogP contribution < -0.4 is 0 Å². The summed E-state index contributed by atoms with van der Waals surface area (Å²) in [6, 6.07) is 49.5. The molecule has 0 saturated heterocycles. The average Bonchev–Trinajstić information content (AvgIpc) is 3.97. The molecule has 9 rings (SSSR count). The van der Waals surface area contributed by atoms with Crippen LogP contribution in [0.4, 0.5) is 5.69 Å². The summed E-state index contributed by atoms with van der Waals surface area (Å²) in [6.07, 6.45) is 5.92. The van der Waals surface area contributed by atoms with Crippen molar-refractivity contribution >= 4 is 51.6 Å². The van der Waals surface area contributed by atoms with Gasteiger partial charge in [-0.15, -0.1) is 0 Å². The minimum atomic E-state index is -0.264. The zero-order valence-electron chi connectivity index (χ0n) is 27.3. The number of nitrogens with zero attached hydrogens (tertiary/aromatic N) is 4. The van der Waals surface area contributed by atoms with E-state index in [4.69, 9.17) is 9.97 Å². The fourth-order valence-electron chi connectivity index (χ4n) is 7.00. The Morgan fingerprint density at radius 3 is 1.71 bits per heavy atom. The SMILES string of the molecule is O=[N+]([O-])c1c(-c2ccccc2)c2c(-c3ccccc3)c3nc(cc4ccc(cc5nc(cc1n2-c1ccccc1)C=C5)[nH]4)C=C3c1ccccc1. The van der Waals surface area contributed by atoms with E-state index < -0.39 is 0 Å². The van der Waals surface area contributed by atoms with E-state index in [9.17, 15) is 10.1 Å². The number of aromatic amines is 1. The number of nitro groups is 1. The largest absolute Gasteiger partial charge is 0.355 e. The lowest BCUT2D eigenvalue weighted by atomic mass is 9.93. The van der Waals surface area contributed by atoms with Crippen molar-refractivity contribution in [3.8, 4) is 27.9 Å². The normalized spacial score (nSPS) is 12.1. The van der Waals surface area contributed by atoms with Gasteiger partial charge < -0.3 is 9.55 Å². The predicted molar refractivity (Wildman–Crippen MR) is 206 cm³/mol. The van der Waals surface area contributed by atoms with Crippen LogP contribution in [0.25, 0.3) is 73.8 Å². The maximum atomic E-state index is 13.5. The number of aromatic nitrogens is 4. The lowest BCUT2D eigenvalue weighted by Crippen LogP contribution is -1.98. The highest BCUT2D eigenvalue weighted by molar-refractivity contribution is 6.09. The van der Waals surface area contributed by atoms with Gasteiger partial charge in [-0.05, 0) is 77.4 Å². The summed E-state index contributed by atoms with van der Waals surface area (Å²) in [6.45, 7) is 0. The van der Waals surface area contributed by atoms with Crippen LogP contribution >= 0.6 is 0 Å². The number of H-pyrrole nitrogens is 1. The Bertz CT molecular complexity index is 2690. The summed E-state index contributed by atoms with van der Waals surface area (Å²) >= 11 is 0. The zero-order valence-corrected chi connectivity index (χ0v) is 27.3. The van der Waals surface area contributed by atoms with E-state index in [1.54, 1.807) is 0 Å². The number of nitrogens with one attached hydrogen (secondary N) is 1. The first-order valence-electron chi connectivity index (χ1n) is 16.7. The number of rotatable bonds is 5. The third-order valence-electron chi connectivity index (χ3n) is 9.15. The second-order valence-electron chi connectivity index (χ2n) is 12.4. The van der Waals surface area contributed by atoms with Gasteiger partial charge in [0.2, 0.25) is 0 Å². The summed E-state index contributed by atoms with van der Waals surface area (Å²) < 4.78 is 2.01. The van der Waals surface area contributed by atoms with Gasteiger partial charge in [-0.3, -0.25) is 10.1 Å². The molecule has 7 nitrogen and oxygen atoms in total. The van der Waals surface area contributed by atoms with Gasteiger partial charge in [0.05, 0.1) is 38.8 Å². The van der Waals surface area contributed by atoms with Crippen molar-refractivity contribution in [1.29, 1.82) is 0 Å². The first-order valence-corrected chi connectivity index (χ1v) is 16.7. The van der Waals surface area contributed by atoms with Gasteiger partial charge in [0.1, 0.15) is 5.52 Å². The van der Waals surface area contributed by atoms with E-state index in [0.717, 1.165) is 55.9 Å². The van der Waals surface area contributed by atoms with E-state index >= 15 is 0 Å². The number of hydrogen-bond acceptors (Lipinski definition) is 4. The van der Waals surface area contributed by atoms with Crippen molar-refractivity contribution < 1.29 is 4.92 Å². The minimum Gasteiger partial charge on any atom is -0.355 e. The number of benzene rings is 4. The molecule has 0 saturated carbocycles. The van der Waals surface area contributed by atoms with Gasteiger partial charge >= 0.3 is 5.69 Å². The first kappa shape index (κ1) is 30.0. The van der Waals surface area contributed by atoms with Gasteiger partial charge in [0.25, 0.3) is 0 Å². The maximum absolute atomic E-state index is 13.5. The fraction of sp³-hybridized carbons (Fsp3) is 0. The van der Waals surface area contributed by atoms with Crippen molar-refractivity contribution in [1.82, 2.24) is 19.5 Å². The second kappa shape index (κ2) is 12.4. The van der Waals surface area contributed by atoms with Gasteiger partial charge in [0.15, 0.2) is 0 Å². The zero-order chi connectivity index (χ0) is 34.3. The molecule has 3 aromatic heterocycles. The van der Waals surface area contributed by atoms with E-state index in [1.165, 1.54) is 0 Å². The predicted octanol–water partition coefficient (Wildman–Crippen LogP) is 10.8. The van der Waals surface area contributed by atoms with Crippen LogP contribution in [-0.2, 0) is 0 Å². The number of fused-ring (bicyclic) bond motifs is 8. The smallest absolute Gasteiger partial charge is 0.303 e. The molecule has 7 heteroatoms. The van der Waals surface area contributed by atoms with Crippen LogP contribution in [0.2, 0.25) is 0 Å². The molecule has 7 aromatic rings. The summed E-state index contributed by atoms with van der Waals surface area (Å²) in [5.41, 5.74) is 11.2. The molecular formula is C44H29N5O2. The molecule has 242 valence electrons. The van der Waals surface area contributed by atoms with Gasteiger partial charge in [-0.25, -0.2) is 9.97 Å². The van der Waals surface area contributed by atoms with Crippen LogP contribution in [-0.4, -0.2) is 24.4 Å². The van der Waals surface area contributed by atoms with Crippen molar-refractivity contribution in [3.63, 3.8) is 0 Å². The van der Waals surface area contributed by atoms with E-state index in [1.807, 2.05) is 156 Å². The Kier molecular flexibility index (Phi) is 7.29. The van der Waals surface area contributed by atoms with Crippen LogP contribution in [0.1, 0.15) is 28.3 Å². The molecule has 5 heterocycles. The van der Waals surface area contributed by atoms with E-state index in [2.05, 4.69) is 23.2 Å². The van der Waals surface area contributed by atoms with Gasteiger partial charge in [-0.1, -0.05) is 109 Å². The quantitative estimate of drug-likeness (QED) is 0.147. The highest BCUT2D eigenvalue weighted by Gasteiger charge is 2.32. The maximum Gasteiger partial charge on any atom is 0.303 e. The molecule has 0 aliphatic carbocycles. The molecule has 0 radical (unpaired) electrons. The summed E-state index contributed by atoms with van der Waals surface area (Å²) in [5.74, 6) is 0. The highest BCUT2D eigenvalue weighted by atomic mass is 16.6. The molecule has 0 amide bonds. The van der Waals surface area contributed by atoms with Crippen molar-refractivity contribution in [2.24, 2.45) is 0 Å². The molecular weight excluding hydrogens is 631 g/mol. The van der Waals surface area contributed by atoms with E-state index in [-0.39, 0.29) is 10.6 Å². The van der Waals surface area contributed by atoms with Crippen LogP contribution in [0.15, 0.2) is 152 Å². The Morgan fingerprint density at radius 1 is 0.569 bits per heavy atom. The number of hydrogen-bond donors (Lipinski definition) is 1. The first-order chi connectivity index (χ1) is 25.1. The fourth-order valence-corrected chi connectivity index (χ4v) is 7.00. The third kappa shape index (κ3) is 5.43. The standard InChI is InChI=1S/C44H29N5O2/c50-49(51)43-39-28-35-24-23-33(46-35)25-32-21-22-34(45-32)26-36-27-38(29-13-5-1-6-14-29)42(47-36)40(30-15-7-2-8-16-30)44(41(43)31-17-9-3-10-18-31)48(39)37-19-11-4-12-20-37/h1-28,45H. The van der Waals surface area contributed by atoms with Crippen LogP contribution in [0, 0.1) is 10.1 Å². The van der Waals surface area contributed by atoms with Gasteiger partial charge in [-0.2, -0.15) is 0 Å². The molecule has 0 atom stereocenters. The van der Waals surface area contributed by atoms with Crippen LogP contribution in [0.3, 0.4) is 0 Å². The Labute approximate surface area is 293 Å². The Balaban J connectivity index is 1.61. The van der Waals surface area contributed by atoms with Crippen molar-refractivity contribution in [3.05, 3.63) is 190 Å². The molecule has 51 heavy (non-hydrogen) atoms. The topological polar surface area (TPSA) is 89.6 Å². The molecule has 4 aromatic carbocycles. The number of para-hydroxylation sites is 1. The van der Waals surface area contributed by atoms with Gasteiger partial charge in [0, 0.05) is 27.9 Å². The van der Waals surface area contributed by atoms with E-state index in [0.29, 0.717) is 28.0 Å². The lowest BCUT2D eigenvalue weighted by Gasteiger charge is -2.14.